The number of rotatable bonds is 2. The van der Waals surface area contributed by atoms with E-state index in [1.807, 2.05) is 13.0 Å². The van der Waals surface area contributed by atoms with Crippen molar-refractivity contribution in [1.29, 1.82) is 0 Å². The molecule has 1 spiro atoms. The van der Waals surface area contributed by atoms with E-state index in [-0.39, 0.29) is 0 Å². The Hall–Kier alpha value is -0.540. The van der Waals surface area contributed by atoms with Crippen LogP contribution in [0.4, 0.5) is 5.69 Å². The molecule has 1 heterocycles. The molecule has 0 bridgehead atoms. The maximum absolute atomic E-state index is 9.65. The molecule has 1 aromatic rings. The Morgan fingerprint density at radius 2 is 1.80 bits per heavy atom. The first kappa shape index (κ1) is 14.4. The largest absolute Gasteiger partial charge is 0.389 e. The second kappa shape index (κ2) is 5.69. The summed E-state index contributed by atoms with van der Waals surface area (Å²) in [6.45, 7) is 4.16. The van der Waals surface area contributed by atoms with Crippen molar-refractivity contribution < 1.29 is 5.11 Å². The summed E-state index contributed by atoms with van der Waals surface area (Å²) in [6.07, 6.45) is 8.06. The molecular weight excluding hydrogens is 314 g/mol. The fraction of sp³-hybridized carbons (Fsp3) is 0.647. The summed E-state index contributed by atoms with van der Waals surface area (Å²) in [5.41, 5.74) is 2.93. The molecule has 0 amide bonds. The minimum absolute atomic E-state index is 0.400. The molecule has 2 nitrogen and oxygen atoms in total. The predicted molar refractivity (Wildman–Crippen MR) is 87.1 cm³/mol. The second-order valence-corrected chi connectivity index (χ2v) is 7.44. The smallest absolute Gasteiger partial charge is 0.0762 e. The van der Waals surface area contributed by atoms with Crippen LogP contribution in [-0.4, -0.2) is 18.2 Å². The van der Waals surface area contributed by atoms with Gasteiger partial charge in [0.2, 0.25) is 0 Å². The van der Waals surface area contributed by atoms with Crippen LogP contribution in [0.3, 0.4) is 0 Å². The fourth-order valence-electron chi connectivity index (χ4n) is 3.89. The summed E-state index contributed by atoms with van der Waals surface area (Å²) >= 11 is 3.67. The van der Waals surface area contributed by atoms with Crippen LogP contribution in [0.25, 0.3) is 0 Å². The summed E-state index contributed by atoms with van der Waals surface area (Å²) in [6, 6.07) is 6.25. The molecule has 2 aliphatic rings. The average molecular weight is 338 g/mol. The molecular formula is C17H24BrNO. The van der Waals surface area contributed by atoms with Gasteiger partial charge in [0.1, 0.15) is 0 Å². The van der Waals surface area contributed by atoms with Crippen LogP contribution < -0.4 is 4.90 Å². The van der Waals surface area contributed by atoms with E-state index in [1.54, 1.807) is 0 Å². The fourth-order valence-corrected chi connectivity index (χ4v) is 4.53. The lowest BCUT2D eigenvalue weighted by molar-refractivity contribution is 0.199. The number of aliphatic hydroxyl groups excluding tert-OH is 1. The minimum atomic E-state index is -0.400. The summed E-state index contributed by atoms with van der Waals surface area (Å²) in [7, 11) is 0. The monoisotopic (exact) mass is 337 g/mol. The molecule has 0 radical (unpaired) electrons. The zero-order valence-corrected chi connectivity index (χ0v) is 13.8. The van der Waals surface area contributed by atoms with E-state index in [0.717, 1.165) is 10.0 Å². The predicted octanol–water partition coefficient (Wildman–Crippen LogP) is 4.66. The molecule has 110 valence electrons. The maximum atomic E-state index is 9.65. The van der Waals surface area contributed by atoms with E-state index in [0.29, 0.717) is 5.41 Å². The van der Waals surface area contributed by atoms with E-state index >= 15 is 0 Å². The molecule has 1 aliphatic carbocycles. The van der Waals surface area contributed by atoms with Gasteiger partial charge in [0, 0.05) is 17.6 Å². The van der Waals surface area contributed by atoms with Gasteiger partial charge in [0.25, 0.3) is 0 Å². The highest BCUT2D eigenvalue weighted by Crippen LogP contribution is 2.47. The molecule has 1 saturated carbocycles. The highest BCUT2D eigenvalue weighted by molar-refractivity contribution is 9.10. The van der Waals surface area contributed by atoms with Gasteiger partial charge in [-0.1, -0.05) is 18.9 Å². The molecule has 2 fully saturated rings. The molecule has 20 heavy (non-hydrogen) atoms. The van der Waals surface area contributed by atoms with Gasteiger partial charge < -0.3 is 10.0 Å². The number of anilines is 1. The molecule has 1 atom stereocenters. The molecule has 1 saturated heterocycles. The van der Waals surface area contributed by atoms with Crippen molar-refractivity contribution in [3.63, 3.8) is 0 Å². The van der Waals surface area contributed by atoms with Gasteiger partial charge in [-0.2, -0.15) is 0 Å². The Morgan fingerprint density at radius 3 is 2.35 bits per heavy atom. The van der Waals surface area contributed by atoms with Gasteiger partial charge in [-0.05, 0) is 71.6 Å². The number of nitrogens with zero attached hydrogens (tertiary/aromatic N) is 1. The van der Waals surface area contributed by atoms with Crippen LogP contribution in [-0.2, 0) is 0 Å². The number of halogens is 1. The lowest BCUT2D eigenvalue weighted by Crippen LogP contribution is -2.39. The Kier molecular flexibility index (Phi) is 4.09. The Morgan fingerprint density at radius 1 is 1.15 bits per heavy atom. The van der Waals surface area contributed by atoms with Crippen LogP contribution in [0.15, 0.2) is 22.7 Å². The molecule has 1 unspecified atom stereocenters. The van der Waals surface area contributed by atoms with E-state index in [4.69, 9.17) is 0 Å². The molecule has 1 aliphatic heterocycles. The summed E-state index contributed by atoms with van der Waals surface area (Å²) in [4.78, 5) is 2.50. The van der Waals surface area contributed by atoms with E-state index in [9.17, 15) is 5.11 Å². The standard InChI is InChI=1S/C17H24BrNO/c1-13(20)14-4-5-16(15(18)12-14)19-10-8-17(9-11-19)6-2-3-7-17/h4-5,12-13,20H,2-3,6-11H2,1H3. The number of benzene rings is 1. The van der Waals surface area contributed by atoms with Crippen molar-refractivity contribution >= 4 is 21.6 Å². The van der Waals surface area contributed by atoms with Gasteiger partial charge in [-0.25, -0.2) is 0 Å². The number of hydrogen-bond donors (Lipinski definition) is 1. The normalized spacial score (nSPS) is 23.2. The van der Waals surface area contributed by atoms with Crippen molar-refractivity contribution in [2.45, 2.75) is 51.6 Å². The average Bonchev–Trinajstić information content (AvgIpc) is 2.88. The number of piperidine rings is 1. The van der Waals surface area contributed by atoms with Gasteiger partial charge in [-0.15, -0.1) is 0 Å². The Bertz CT molecular complexity index is 470. The first-order chi connectivity index (χ1) is 9.60. The summed E-state index contributed by atoms with van der Waals surface area (Å²) in [5, 5.41) is 9.65. The number of aliphatic hydroxyl groups is 1. The minimum Gasteiger partial charge on any atom is -0.389 e. The number of hydrogen-bond acceptors (Lipinski definition) is 2. The molecule has 1 aromatic carbocycles. The zero-order valence-electron chi connectivity index (χ0n) is 12.2. The van der Waals surface area contributed by atoms with E-state index < -0.39 is 6.10 Å². The van der Waals surface area contributed by atoms with E-state index in [2.05, 4.69) is 33.0 Å². The lowest BCUT2D eigenvalue weighted by Gasteiger charge is -2.41. The van der Waals surface area contributed by atoms with Crippen LogP contribution in [0.2, 0.25) is 0 Å². The van der Waals surface area contributed by atoms with Gasteiger partial charge in [0.15, 0.2) is 0 Å². The van der Waals surface area contributed by atoms with Crippen molar-refractivity contribution in [1.82, 2.24) is 0 Å². The first-order valence-corrected chi connectivity index (χ1v) is 8.61. The third kappa shape index (κ3) is 2.75. The van der Waals surface area contributed by atoms with Crippen molar-refractivity contribution in [2.24, 2.45) is 5.41 Å². The summed E-state index contributed by atoms with van der Waals surface area (Å²) < 4.78 is 1.11. The summed E-state index contributed by atoms with van der Waals surface area (Å²) in [5.74, 6) is 0. The topological polar surface area (TPSA) is 23.5 Å². The third-order valence-corrected chi connectivity index (χ3v) is 5.92. The third-order valence-electron chi connectivity index (χ3n) is 5.28. The van der Waals surface area contributed by atoms with Crippen LogP contribution in [0.5, 0.6) is 0 Å². The van der Waals surface area contributed by atoms with E-state index in [1.165, 1.54) is 57.3 Å². The maximum Gasteiger partial charge on any atom is 0.0762 e. The molecule has 3 heteroatoms. The molecule has 3 rings (SSSR count). The van der Waals surface area contributed by atoms with Crippen LogP contribution in [0, 0.1) is 5.41 Å². The van der Waals surface area contributed by atoms with Crippen molar-refractivity contribution in [3.05, 3.63) is 28.2 Å². The van der Waals surface area contributed by atoms with Gasteiger partial charge >= 0.3 is 0 Å². The van der Waals surface area contributed by atoms with Crippen LogP contribution >= 0.6 is 15.9 Å². The second-order valence-electron chi connectivity index (χ2n) is 6.58. The van der Waals surface area contributed by atoms with Crippen molar-refractivity contribution in [3.8, 4) is 0 Å². The van der Waals surface area contributed by atoms with Gasteiger partial charge in [0.05, 0.1) is 11.8 Å². The quantitative estimate of drug-likeness (QED) is 0.848. The SMILES string of the molecule is CC(O)c1ccc(N2CCC3(CCCC3)CC2)c(Br)c1. The van der Waals surface area contributed by atoms with Gasteiger partial charge in [-0.3, -0.25) is 0 Å². The lowest BCUT2D eigenvalue weighted by atomic mass is 9.77. The highest BCUT2D eigenvalue weighted by atomic mass is 79.9. The zero-order chi connectivity index (χ0) is 14.2. The van der Waals surface area contributed by atoms with Crippen molar-refractivity contribution in [2.75, 3.05) is 18.0 Å². The highest BCUT2D eigenvalue weighted by Gasteiger charge is 2.37. The van der Waals surface area contributed by atoms with Crippen LogP contribution in [0.1, 0.15) is 57.1 Å². The first-order valence-electron chi connectivity index (χ1n) is 7.82. The molecule has 1 N–H and O–H groups in total. The Balaban J connectivity index is 1.71. The Labute approximate surface area is 130 Å². The molecule has 0 aromatic heterocycles.